The second kappa shape index (κ2) is 43.7. The number of hydrogen-bond donors (Lipinski definition) is 3. The quantitative estimate of drug-likeness (QED) is 0.0414. The first-order valence-electron chi connectivity index (χ1n) is 24.6. The minimum Gasteiger partial charge on any atom is -0.466 e. The number of amides is 2. The number of urea groups is 1. The van der Waals surface area contributed by atoms with Gasteiger partial charge in [-0.25, -0.2) is 4.79 Å². The Bertz CT molecular complexity index is 874. The van der Waals surface area contributed by atoms with Crippen molar-refractivity contribution in [3.63, 3.8) is 0 Å². The summed E-state index contributed by atoms with van der Waals surface area (Å²) in [5.74, 6) is -0.102. The van der Waals surface area contributed by atoms with Crippen LogP contribution in [0.2, 0.25) is 0 Å². The number of unbranched alkanes of at least 4 members (excludes halogenated alkanes) is 24. The van der Waals surface area contributed by atoms with Crippen LogP contribution in [0.1, 0.15) is 239 Å². The highest BCUT2D eigenvalue weighted by molar-refractivity contribution is 5.73. The van der Waals surface area contributed by atoms with Gasteiger partial charge in [0.2, 0.25) is 0 Å². The van der Waals surface area contributed by atoms with Gasteiger partial charge in [-0.1, -0.05) is 162 Å². The lowest BCUT2D eigenvalue weighted by atomic mass is 10.0. The fourth-order valence-corrected chi connectivity index (χ4v) is 7.52. The molecule has 0 radical (unpaired) electrons. The van der Waals surface area contributed by atoms with Crippen molar-refractivity contribution < 1.29 is 29.0 Å². The van der Waals surface area contributed by atoms with E-state index in [9.17, 15) is 19.5 Å². The van der Waals surface area contributed by atoms with Gasteiger partial charge in [0, 0.05) is 33.0 Å². The van der Waals surface area contributed by atoms with Crippen molar-refractivity contribution in [2.45, 2.75) is 251 Å². The van der Waals surface area contributed by atoms with E-state index in [0.717, 1.165) is 103 Å². The van der Waals surface area contributed by atoms with E-state index in [1.165, 1.54) is 109 Å². The lowest BCUT2D eigenvalue weighted by Crippen LogP contribution is -2.38. The summed E-state index contributed by atoms with van der Waals surface area (Å²) >= 11 is 0. The lowest BCUT2D eigenvalue weighted by molar-refractivity contribution is -0.150. The van der Waals surface area contributed by atoms with E-state index >= 15 is 0 Å². The molecule has 0 aliphatic heterocycles. The van der Waals surface area contributed by atoms with Gasteiger partial charge >= 0.3 is 18.0 Å². The third-order valence-electron chi connectivity index (χ3n) is 11.2. The molecule has 0 aliphatic carbocycles. The van der Waals surface area contributed by atoms with Gasteiger partial charge in [0.1, 0.15) is 6.10 Å². The molecular weight excluding hydrogens is 715 g/mol. The summed E-state index contributed by atoms with van der Waals surface area (Å²) < 4.78 is 11.5. The SMILES string of the molecule is CCCCCCCCCCCOC(=O)CCCCCN(CCCCCCCC(=O)OC(CCCCCCCC)CCCCCCCC)CC(O)CCNC(=O)NC. The van der Waals surface area contributed by atoms with Crippen LogP contribution in [-0.4, -0.2) is 80.0 Å². The predicted octanol–water partition coefficient (Wildman–Crippen LogP) is 12.4. The van der Waals surface area contributed by atoms with Gasteiger partial charge in [0.25, 0.3) is 0 Å². The highest BCUT2D eigenvalue weighted by Crippen LogP contribution is 2.19. The molecule has 0 aromatic heterocycles. The van der Waals surface area contributed by atoms with Crippen LogP contribution in [0.5, 0.6) is 0 Å². The number of aliphatic hydroxyl groups is 1. The highest BCUT2D eigenvalue weighted by atomic mass is 16.5. The molecule has 9 nitrogen and oxygen atoms in total. The number of esters is 2. The minimum absolute atomic E-state index is 0.0184. The minimum atomic E-state index is -0.518. The molecule has 57 heavy (non-hydrogen) atoms. The van der Waals surface area contributed by atoms with Gasteiger partial charge in [-0.2, -0.15) is 0 Å². The number of carbonyl (C=O) groups excluding carboxylic acids is 3. The van der Waals surface area contributed by atoms with Crippen LogP contribution in [0.3, 0.4) is 0 Å². The molecule has 0 fully saturated rings. The van der Waals surface area contributed by atoms with Gasteiger partial charge in [0.05, 0.1) is 12.7 Å². The number of carbonyl (C=O) groups is 3. The molecule has 338 valence electrons. The summed E-state index contributed by atoms with van der Waals surface area (Å²) in [4.78, 5) is 38.9. The average Bonchev–Trinajstić information content (AvgIpc) is 3.20. The number of nitrogens with zero attached hydrogens (tertiary/aromatic N) is 1. The van der Waals surface area contributed by atoms with Gasteiger partial charge < -0.3 is 30.1 Å². The molecular formula is C48H95N3O6. The molecule has 0 saturated carbocycles. The van der Waals surface area contributed by atoms with Crippen LogP contribution in [0.15, 0.2) is 0 Å². The molecule has 2 amide bonds. The molecule has 1 atom stereocenters. The molecule has 0 spiro atoms. The zero-order chi connectivity index (χ0) is 41.9. The maximum Gasteiger partial charge on any atom is 0.314 e. The Labute approximate surface area is 352 Å². The molecule has 1 unspecified atom stereocenters. The molecule has 0 aromatic carbocycles. The standard InChI is InChI=1S/C48H95N3O6/c1-5-8-11-14-17-18-19-25-33-42-56-46(53)36-30-26-32-41-51(43-44(52)38-39-50-48(55)49-4)40-31-24-20-23-29-37-47(54)57-45(34-27-21-15-12-9-6-2)35-28-22-16-13-10-7-3/h44-45,52H,5-43H2,1-4H3,(H2,49,50,55). The summed E-state index contributed by atoms with van der Waals surface area (Å²) in [6, 6.07) is -0.236. The van der Waals surface area contributed by atoms with Crippen molar-refractivity contribution in [3.8, 4) is 0 Å². The van der Waals surface area contributed by atoms with E-state index in [1.807, 2.05) is 0 Å². The summed E-state index contributed by atoms with van der Waals surface area (Å²) in [7, 11) is 1.59. The van der Waals surface area contributed by atoms with Crippen LogP contribution in [0, 0.1) is 0 Å². The zero-order valence-electron chi connectivity index (χ0n) is 38.2. The van der Waals surface area contributed by atoms with Crippen LogP contribution < -0.4 is 10.6 Å². The molecule has 0 aromatic rings. The number of nitrogens with one attached hydrogen (secondary N) is 2. The first-order chi connectivity index (χ1) is 27.9. The maximum atomic E-state index is 12.8. The Hall–Kier alpha value is -1.87. The largest absolute Gasteiger partial charge is 0.466 e. The second-order valence-electron chi connectivity index (χ2n) is 16.9. The third-order valence-corrected chi connectivity index (χ3v) is 11.2. The molecule has 3 N–H and O–H groups in total. The fourth-order valence-electron chi connectivity index (χ4n) is 7.52. The number of ether oxygens (including phenoxy) is 2. The lowest BCUT2D eigenvalue weighted by Gasteiger charge is -2.25. The first-order valence-corrected chi connectivity index (χ1v) is 24.6. The monoisotopic (exact) mass is 810 g/mol. The molecule has 0 bridgehead atoms. The Morgan fingerprint density at radius 1 is 0.526 bits per heavy atom. The predicted molar refractivity (Wildman–Crippen MR) is 240 cm³/mol. The second-order valence-corrected chi connectivity index (χ2v) is 16.9. The summed E-state index contributed by atoms with van der Waals surface area (Å²) in [6.45, 7) is 10.1. The van der Waals surface area contributed by atoms with Crippen LogP contribution in [-0.2, 0) is 19.1 Å². The molecule has 9 heteroatoms. The Balaban J connectivity index is 4.45. The van der Waals surface area contributed by atoms with Gasteiger partial charge in [0.15, 0.2) is 0 Å². The zero-order valence-corrected chi connectivity index (χ0v) is 38.2. The molecule has 0 saturated heterocycles. The average molecular weight is 810 g/mol. The first kappa shape index (κ1) is 55.1. The van der Waals surface area contributed by atoms with E-state index in [2.05, 4.69) is 36.3 Å². The van der Waals surface area contributed by atoms with Gasteiger partial charge in [-0.05, 0) is 77.3 Å². The van der Waals surface area contributed by atoms with Crippen LogP contribution in [0.4, 0.5) is 4.79 Å². The maximum absolute atomic E-state index is 12.8. The van der Waals surface area contributed by atoms with Crippen molar-refractivity contribution in [3.05, 3.63) is 0 Å². The van der Waals surface area contributed by atoms with Gasteiger partial charge in [-0.3, -0.25) is 9.59 Å². The van der Waals surface area contributed by atoms with Crippen molar-refractivity contribution in [2.75, 3.05) is 39.8 Å². The van der Waals surface area contributed by atoms with Crippen molar-refractivity contribution in [1.82, 2.24) is 15.5 Å². The molecule has 0 aliphatic rings. The van der Waals surface area contributed by atoms with Crippen LogP contribution >= 0.6 is 0 Å². The van der Waals surface area contributed by atoms with E-state index in [1.54, 1.807) is 7.05 Å². The highest BCUT2D eigenvalue weighted by Gasteiger charge is 2.15. The Morgan fingerprint density at radius 2 is 0.947 bits per heavy atom. The number of rotatable bonds is 44. The van der Waals surface area contributed by atoms with E-state index in [4.69, 9.17) is 9.47 Å². The Kier molecular flexibility index (Phi) is 42.3. The summed E-state index contributed by atoms with van der Waals surface area (Å²) in [5, 5.41) is 16.0. The topological polar surface area (TPSA) is 117 Å². The Morgan fingerprint density at radius 3 is 1.46 bits per heavy atom. The third kappa shape index (κ3) is 40.7. The van der Waals surface area contributed by atoms with Crippen molar-refractivity contribution in [1.29, 1.82) is 0 Å². The summed E-state index contributed by atoms with van der Waals surface area (Å²) in [6.07, 6.45) is 37.4. The van der Waals surface area contributed by atoms with E-state index in [-0.39, 0.29) is 24.1 Å². The van der Waals surface area contributed by atoms with E-state index in [0.29, 0.717) is 39.0 Å². The van der Waals surface area contributed by atoms with Crippen molar-refractivity contribution in [2.24, 2.45) is 0 Å². The smallest absolute Gasteiger partial charge is 0.314 e. The van der Waals surface area contributed by atoms with Crippen molar-refractivity contribution >= 4 is 18.0 Å². The normalized spacial score (nSPS) is 12.0. The van der Waals surface area contributed by atoms with Gasteiger partial charge in [-0.15, -0.1) is 0 Å². The number of aliphatic hydroxyl groups excluding tert-OH is 1. The van der Waals surface area contributed by atoms with E-state index < -0.39 is 6.10 Å². The summed E-state index contributed by atoms with van der Waals surface area (Å²) in [5.41, 5.74) is 0. The molecule has 0 heterocycles. The van der Waals surface area contributed by atoms with Crippen LogP contribution in [0.25, 0.3) is 0 Å². The fraction of sp³-hybridized carbons (Fsp3) is 0.938. The number of hydrogen-bond acceptors (Lipinski definition) is 7. The molecule has 0 rings (SSSR count).